The Morgan fingerprint density at radius 2 is 2.29 bits per heavy atom. The van der Waals surface area contributed by atoms with Gasteiger partial charge in [0.2, 0.25) is 0 Å². The molecule has 0 radical (unpaired) electrons. The molecule has 1 rings (SSSR count). The van der Waals surface area contributed by atoms with E-state index in [0.29, 0.717) is 0 Å². The van der Waals surface area contributed by atoms with Gasteiger partial charge in [0.05, 0.1) is 5.03 Å². The molecule has 0 bridgehead atoms. The molecule has 1 heterocycles. The van der Waals surface area contributed by atoms with E-state index in [-0.39, 0.29) is 6.15 Å². The third-order valence-electron chi connectivity index (χ3n) is 0.582. The van der Waals surface area contributed by atoms with Crippen LogP contribution in [0.25, 0.3) is 0 Å². The first-order valence-corrected chi connectivity index (χ1v) is 2.16. The molecule has 0 unspecified atom stereocenters. The molecule has 1 aromatic rings. The molecule has 0 saturated carbocycles. The fourth-order valence-corrected chi connectivity index (χ4v) is 0.481. The third kappa shape index (κ3) is 1.66. The maximum Gasteiger partial charge on any atom is 0.0690 e. The van der Waals surface area contributed by atoms with Gasteiger partial charge in [-0.3, -0.25) is 0 Å². The first-order valence-electron chi connectivity index (χ1n) is 1.72. The Morgan fingerprint density at radius 1 is 1.57 bits per heavy atom. The van der Waals surface area contributed by atoms with Crippen molar-refractivity contribution < 1.29 is 0 Å². The largest absolute Gasteiger partial charge is 0.357 e. The standard InChI is InChI=1S/C4H5NS.H3N/c6-4-2-1-3-5-4;/h1-3,5-6H;1H3. The highest BCUT2D eigenvalue weighted by Crippen LogP contribution is 1.96. The minimum Gasteiger partial charge on any atom is -0.357 e. The van der Waals surface area contributed by atoms with Gasteiger partial charge >= 0.3 is 0 Å². The molecule has 0 saturated heterocycles. The Kier molecular flexibility index (Phi) is 2.55. The number of rotatable bonds is 0. The van der Waals surface area contributed by atoms with Gasteiger partial charge in [-0.1, -0.05) is 0 Å². The lowest BCUT2D eigenvalue weighted by Crippen LogP contribution is -1.51. The first kappa shape index (κ1) is 6.59. The van der Waals surface area contributed by atoms with E-state index in [1.165, 1.54) is 0 Å². The summed E-state index contributed by atoms with van der Waals surface area (Å²) in [6.07, 6.45) is 1.84. The third-order valence-corrected chi connectivity index (χ3v) is 0.860. The fourth-order valence-electron chi connectivity index (χ4n) is 0.321. The predicted molar refractivity (Wildman–Crippen MR) is 33.1 cm³/mol. The summed E-state index contributed by atoms with van der Waals surface area (Å²) >= 11 is 3.98. The number of aromatic nitrogens is 1. The molecule has 0 aliphatic heterocycles. The number of aromatic amines is 1. The second-order valence-electron chi connectivity index (χ2n) is 1.06. The number of H-pyrrole nitrogens is 1. The van der Waals surface area contributed by atoms with Crippen LogP contribution >= 0.6 is 12.6 Å². The van der Waals surface area contributed by atoms with Crippen LogP contribution < -0.4 is 6.15 Å². The number of nitrogens with one attached hydrogen (secondary N) is 1. The highest BCUT2D eigenvalue weighted by Gasteiger charge is 1.73. The lowest BCUT2D eigenvalue weighted by molar-refractivity contribution is 1.21. The van der Waals surface area contributed by atoms with Gasteiger partial charge in [0.1, 0.15) is 0 Å². The SMILES string of the molecule is N.Sc1ccc[nH]1. The molecule has 1 aromatic heterocycles. The van der Waals surface area contributed by atoms with Gasteiger partial charge in [-0.15, -0.1) is 12.6 Å². The molecule has 7 heavy (non-hydrogen) atoms. The fraction of sp³-hybridized carbons (Fsp3) is 0. The predicted octanol–water partition coefficient (Wildman–Crippen LogP) is 1.47. The highest BCUT2D eigenvalue weighted by atomic mass is 32.1. The number of hydrogen-bond donors (Lipinski definition) is 3. The molecule has 0 amide bonds. The van der Waals surface area contributed by atoms with Crippen molar-refractivity contribution in [3.8, 4) is 0 Å². The van der Waals surface area contributed by atoms with Crippen molar-refractivity contribution in [2.24, 2.45) is 0 Å². The quantitative estimate of drug-likeness (QED) is 0.442. The molecule has 0 aliphatic carbocycles. The van der Waals surface area contributed by atoms with Crippen LogP contribution in [0.15, 0.2) is 23.4 Å². The van der Waals surface area contributed by atoms with Gasteiger partial charge in [-0.25, -0.2) is 0 Å². The molecule has 0 aliphatic rings. The first-order chi connectivity index (χ1) is 2.89. The second kappa shape index (κ2) is 2.71. The Balaban J connectivity index is 0.000000360. The monoisotopic (exact) mass is 116 g/mol. The number of thiol groups is 1. The van der Waals surface area contributed by atoms with Crippen LogP contribution in [-0.4, -0.2) is 4.98 Å². The van der Waals surface area contributed by atoms with Crippen molar-refractivity contribution in [3.05, 3.63) is 18.3 Å². The zero-order valence-electron chi connectivity index (χ0n) is 3.89. The van der Waals surface area contributed by atoms with E-state index in [4.69, 9.17) is 0 Å². The van der Waals surface area contributed by atoms with Crippen LogP contribution in [0.3, 0.4) is 0 Å². The van der Waals surface area contributed by atoms with Gasteiger partial charge in [0.15, 0.2) is 0 Å². The minimum atomic E-state index is 0. The van der Waals surface area contributed by atoms with Crippen LogP contribution in [0.2, 0.25) is 0 Å². The van der Waals surface area contributed by atoms with Crippen molar-refractivity contribution in [2.75, 3.05) is 0 Å². The lowest BCUT2D eigenvalue weighted by Gasteiger charge is -1.69. The van der Waals surface area contributed by atoms with E-state index in [9.17, 15) is 0 Å². The maximum absolute atomic E-state index is 3.98. The molecular weight excluding hydrogens is 108 g/mol. The zero-order chi connectivity index (χ0) is 4.41. The van der Waals surface area contributed by atoms with Crippen LogP contribution in [0.5, 0.6) is 0 Å². The average Bonchev–Trinajstić information content (AvgIpc) is 1.86. The van der Waals surface area contributed by atoms with E-state index < -0.39 is 0 Å². The van der Waals surface area contributed by atoms with E-state index >= 15 is 0 Å². The smallest absolute Gasteiger partial charge is 0.0690 e. The Morgan fingerprint density at radius 3 is 2.43 bits per heavy atom. The molecule has 3 heteroatoms. The van der Waals surface area contributed by atoms with Crippen molar-refractivity contribution in [1.82, 2.24) is 11.1 Å². The van der Waals surface area contributed by atoms with Gasteiger partial charge in [-0.2, -0.15) is 0 Å². The van der Waals surface area contributed by atoms with Gasteiger partial charge < -0.3 is 11.1 Å². The molecule has 0 spiro atoms. The normalized spacial score (nSPS) is 7.57. The van der Waals surface area contributed by atoms with Crippen molar-refractivity contribution in [1.29, 1.82) is 0 Å². The summed E-state index contributed by atoms with van der Waals surface area (Å²) in [4.78, 5) is 2.86. The molecule has 0 atom stereocenters. The Labute approximate surface area is 47.9 Å². The van der Waals surface area contributed by atoms with Crippen molar-refractivity contribution in [3.63, 3.8) is 0 Å². The van der Waals surface area contributed by atoms with Gasteiger partial charge in [0.25, 0.3) is 0 Å². The summed E-state index contributed by atoms with van der Waals surface area (Å²) in [5.41, 5.74) is 0. The average molecular weight is 116 g/mol. The highest BCUT2D eigenvalue weighted by molar-refractivity contribution is 7.80. The van der Waals surface area contributed by atoms with Crippen LogP contribution in [0.1, 0.15) is 0 Å². The molecule has 0 aromatic carbocycles. The van der Waals surface area contributed by atoms with E-state index in [1.807, 2.05) is 18.3 Å². The van der Waals surface area contributed by atoms with Crippen LogP contribution in [0.4, 0.5) is 0 Å². The summed E-state index contributed by atoms with van der Waals surface area (Å²) in [7, 11) is 0. The van der Waals surface area contributed by atoms with E-state index in [0.717, 1.165) is 5.03 Å². The Hall–Kier alpha value is -0.410. The van der Waals surface area contributed by atoms with E-state index in [2.05, 4.69) is 17.6 Å². The van der Waals surface area contributed by atoms with Gasteiger partial charge in [-0.05, 0) is 12.1 Å². The molecule has 0 fully saturated rings. The van der Waals surface area contributed by atoms with E-state index in [1.54, 1.807) is 0 Å². The van der Waals surface area contributed by atoms with Crippen LogP contribution in [-0.2, 0) is 0 Å². The summed E-state index contributed by atoms with van der Waals surface area (Å²) in [6, 6.07) is 3.80. The zero-order valence-corrected chi connectivity index (χ0v) is 4.78. The summed E-state index contributed by atoms with van der Waals surface area (Å²) in [5.74, 6) is 0. The summed E-state index contributed by atoms with van der Waals surface area (Å²) in [6.45, 7) is 0. The van der Waals surface area contributed by atoms with Crippen LogP contribution in [0, 0.1) is 0 Å². The molecule has 4 N–H and O–H groups in total. The maximum atomic E-state index is 3.98. The molecule has 2 nitrogen and oxygen atoms in total. The Bertz CT molecular complexity index is 113. The van der Waals surface area contributed by atoms with Crippen molar-refractivity contribution >= 4 is 12.6 Å². The molecule has 40 valence electrons. The van der Waals surface area contributed by atoms with Crippen molar-refractivity contribution in [2.45, 2.75) is 5.03 Å². The molecular formula is C4H8N2S. The lowest BCUT2D eigenvalue weighted by atomic mass is 10.7. The van der Waals surface area contributed by atoms with Gasteiger partial charge in [0, 0.05) is 6.20 Å². The topological polar surface area (TPSA) is 50.8 Å². The second-order valence-corrected chi connectivity index (χ2v) is 1.54. The summed E-state index contributed by atoms with van der Waals surface area (Å²) < 4.78 is 0. The minimum absolute atomic E-state index is 0. The summed E-state index contributed by atoms with van der Waals surface area (Å²) in [5, 5.41) is 0.912. The number of hydrogen-bond acceptors (Lipinski definition) is 2.